The summed E-state index contributed by atoms with van der Waals surface area (Å²) in [5.41, 5.74) is 4.23. The summed E-state index contributed by atoms with van der Waals surface area (Å²) in [6.45, 7) is 5.11. The first-order valence-electron chi connectivity index (χ1n) is 8.37. The van der Waals surface area contributed by atoms with Crippen LogP contribution in [0.3, 0.4) is 0 Å². The summed E-state index contributed by atoms with van der Waals surface area (Å²) >= 11 is 0. The average molecular weight is 325 g/mol. The monoisotopic (exact) mass is 325 g/mol. The van der Waals surface area contributed by atoms with E-state index in [0.717, 1.165) is 23.1 Å². The first kappa shape index (κ1) is 16.5. The summed E-state index contributed by atoms with van der Waals surface area (Å²) in [6.07, 6.45) is 0.903. The summed E-state index contributed by atoms with van der Waals surface area (Å²) in [5, 5.41) is 19.8. The highest BCUT2D eigenvalue weighted by molar-refractivity contribution is 5.97. The van der Waals surface area contributed by atoms with Gasteiger partial charge in [-0.1, -0.05) is 38.1 Å². The van der Waals surface area contributed by atoms with Gasteiger partial charge in [-0.2, -0.15) is 0 Å². The van der Waals surface area contributed by atoms with E-state index in [9.17, 15) is 15.0 Å². The quantitative estimate of drug-likeness (QED) is 0.903. The number of benzene rings is 2. The number of phenols is 1. The van der Waals surface area contributed by atoms with Gasteiger partial charge in [0.05, 0.1) is 12.2 Å². The van der Waals surface area contributed by atoms with Crippen molar-refractivity contribution in [3.8, 4) is 5.75 Å². The number of hydrogen-bond donors (Lipinski definition) is 2. The lowest BCUT2D eigenvalue weighted by Crippen LogP contribution is -2.25. The Balaban J connectivity index is 1.93. The maximum Gasteiger partial charge on any atom is 0.258 e. The van der Waals surface area contributed by atoms with E-state index in [1.807, 2.05) is 24.3 Å². The summed E-state index contributed by atoms with van der Waals surface area (Å²) < 4.78 is 0. The number of aliphatic hydroxyl groups excluding tert-OH is 1. The molecule has 2 N–H and O–H groups in total. The highest BCUT2D eigenvalue weighted by atomic mass is 16.3. The predicted molar refractivity (Wildman–Crippen MR) is 92.8 cm³/mol. The van der Waals surface area contributed by atoms with Crippen LogP contribution < -0.4 is 0 Å². The molecule has 0 saturated carbocycles. The number of phenolic OH excluding ortho intramolecular Hbond substituents is 1. The number of carbonyl (C=O) groups is 1. The fraction of sp³-hybridized carbons (Fsp3) is 0.350. The average Bonchev–Trinajstić information content (AvgIpc) is 3.04. The molecule has 1 atom stereocenters. The molecular weight excluding hydrogens is 302 g/mol. The molecule has 126 valence electrons. The second-order valence-corrected chi connectivity index (χ2v) is 6.47. The Labute approximate surface area is 142 Å². The molecular formula is C20H23NO3. The van der Waals surface area contributed by atoms with Gasteiger partial charge in [0.2, 0.25) is 0 Å². The van der Waals surface area contributed by atoms with E-state index < -0.39 is 0 Å². The smallest absolute Gasteiger partial charge is 0.258 e. The van der Waals surface area contributed by atoms with E-state index in [1.54, 1.807) is 11.0 Å². The number of carbonyl (C=O) groups excluding carboxylic acids is 1. The predicted octanol–water partition coefficient (Wildman–Crippen LogP) is 3.55. The van der Waals surface area contributed by atoms with Gasteiger partial charge in [-0.3, -0.25) is 4.79 Å². The Morgan fingerprint density at radius 1 is 1.21 bits per heavy atom. The minimum Gasteiger partial charge on any atom is -0.507 e. The first-order valence-corrected chi connectivity index (χ1v) is 8.37. The van der Waals surface area contributed by atoms with Crippen molar-refractivity contribution in [1.82, 2.24) is 4.90 Å². The van der Waals surface area contributed by atoms with Gasteiger partial charge in [0.15, 0.2) is 0 Å². The van der Waals surface area contributed by atoms with Crippen LogP contribution in [0.15, 0.2) is 36.4 Å². The highest BCUT2D eigenvalue weighted by Crippen LogP contribution is 2.32. The van der Waals surface area contributed by atoms with Gasteiger partial charge in [0.25, 0.3) is 5.91 Å². The molecule has 0 radical (unpaired) electrons. The van der Waals surface area contributed by atoms with Crippen molar-refractivity contribution in [2.75, 3.05) is 0 Å². The van der Waals surface area contributed by atoms with Gasteiger partial charge in [-0.25, -0.2) is 0 Å². The minimum absolute atomic E-state index is 0.0629. The standard InChI is InChI=1S/C20H23NO3/c1-3-13(2)17-9-18(19(23)8-16(17)12-22)20(24)21-10-14-6-4-5-7-15(14)11-21/h4-9,13,22-23H,3,10-12H2,1-2H3. The lowest BCUT2D eigenvalue weighted by atomic mass is 9.91. The van der Waals surface area contributed by atoms with E-state index in [4.69, 9.17) is 0 Å². The fourth-order valence-corrected chi connectivity index (χ4v) is 3.28. The lowest BCUT2D eigenvalue weighted by molar-refractivity contribution is 0.0748. The molecule has 2 aromatic carbocycles. The van der Waals surface area contributed by atoms with Crippen LogP contribution in [-0.2, 0) is 19.7 Å². The number of rotatable bonds is 4. The van der Waals surface area contributed by atoms with Crippen LogP contribution in [0.5, 0.6) is 5.75 Å². The Bertz CT molecular complexity index is 744. The second kappa shape index (κ2) is 6.65. The zero-order valence-corrected chi connectivity index (χ0v) is 14.1. The minimum atomic E-state index is -0.169. The van der Waals surface area contributed by atoms with E-state index in [1.165, 1.54) is 6.07 Å². The van der Waals surface area contributed by atoms with Crippen molar-refractivity contribution in [3.63, 3.8) is 0 Å². The molecule has 4 nitrogen and oxygen atoms in total. The molecule has 2 aromatic rings. The molecule has 0 aromatic heterocycles. The van der Waals surface area contributed by atoms with Crippen LogP contribution in [0.25, 0.3) is 0 Å². The van der Waals surface area contributed by atoms with Crippen molar-refractivity contribution in [3.05, 3.63) is 64.2 Å². The maximum atomic E-state index is 12.9. The summed E-state index contributed by atoms with van der Waals surface area (Å²) in [5.74, 6) is -0.0140. The molecule has 0 fully saturated rings. The van der Waals surface area contributed by atoms with Crippen LogP contribution in [0.1, 0.15) is 58.8 Å². The highest BCUT2D eigenvalue weighted by Gasteiger charge is 2.27. The Morgan fingerprint density at radius 3 is 2.38 bits per heavy atom. The molecule has 0 spiro atoms. The van der Waals surface area contributed by atoms with E-state index in [2.05, 4.69) is 13.8 Å². The number of fused-ring (bicyclic) bond motifs is 1. The zero-order chi connectivity index (χ0) is 17.3. The third kappa shape index (κ3) is 2.89. The topological polar surface area (TPSA) is 60.8 Å². The molecule has 4 heteroatoms. The molecule has 0 saturated heterocycles. The van der Waals surface area contributed by atoms with Crippen molar-refractivity contribution >= 4 is 5.91 Å². The fourth-order valence-electron chi connectivity index (χ4n) is 3.28. The third-order valence-corrected chi connectivity index (χ3v) is 4.93. The largest absolute Gasteiger partial charge is 0.507 e. The Hall–Kier alpha value is -2.33. The van der Waals surface area contributed by atoms with Gasteiger partial charge < -0.3 is 15.1 Å². The van der Waals surface area contributed by atoms with E-state index in [0.29, 0.717) is 24.2 Å². The third-order valence-electron chi connectivity index (χ3n) is 4.93. The van der Waals surface area contributed by atoms with Crippen LogP contribution in [0.4, 0.5) is 0 Å². The number of amides is 1. The normalized spacial score (nSPS) is 14.5. The van der Waals surface area contributed by atoms with Crippen LogP contribution >= 0.6 is 0 Å². The zero-order valence-electron chi connectivity index (χ0n) is 14.1. The van der Waals surface area contributed by atoms with E-state index in [-0.39, 0.29) is 24.2 Å². The molecule has 24 heavy (non-hydrogen) atoms. The lowest BCUT2D eigenvalue weighted by Gasteiger charge is -2.20. The molecule has 1 aliphatic heterocycles. The maximum absolute atomic E-state index is 12.9. The van der Waals surface area contributed by atoms with Gasteiger partial charge in [0, 0.05) is 13.1 Å². The number of aliphatic hydroxyl groups is 1. The summed E-state index contributed by atoms with van der Waals surface area (Å²) in [6, 6.07) is 11.3. The molecule has 1 heterocycles. The Kier molecular flexibility index (Phi) is 4.58. The van der Waals surface area contributed by atoms with Gasteiger partial charge in [-0.15, -0.1) is 0 Å². The van der Waals surface area contributed by atoms with Gasteiger partial charge in [-0.05, 0) is 46.7 Å². The first-order chi connectivity index (χ1) is 11.5. The molecule has 0 bridgehead atoms. The summed E-state index contributed by atoms with van der Waals surface area (Å²) in [7, 11) is 0. The van der Waals surface area contributed by atoms with Crippen molar-refractivity contribution in [2.45, 2.75) is 45.9 Å². The van der Waals surface area contributed by atoms with Crippen LogP contribution in [0, 0.1) is 0 Å². The molecule has 1 unspecified atom stereocenters. The van der Waals surface area contributed by atoms with Crippen molar-refractivity contribution in [1.29, 1.82) is 0 Å². The van der Waals surface area contributed by atoms with Crippen LogP contribution in [-0.4, -0.2) is 21.0 Å². The summed E-state index contributed by atoms with van der Waals surface area (Å²) in [4.78, 5) is 14.7. The van der Waals surface area contributed by atoms with Crippen molar-refractivity contribution < 1.29 is 15.0 Å². The Morgan fingerprint density at radius 2 is 1.83 bits per heavy atom. The number of hydrogen-bond acceptors (Lipinski definition) is 3. The van der Waals surface area contributed by atoms with Gasteiger partial charge in [0.1, 0.15) is 5.75 Å². The number of aromatic hydroxyl groups is 1. The van der Waals surface area contributed by atoms with Crippen LogP contribution in [0.2, 0.25) is 0 Å². The molecule has 1 amide bonds. The SMILES string of the molecule is CCC(C)c1cc(C(=O)N2Cc3ccccc3C2)c(O)cc1CO. The van der Waals surface area contributed by atoms with Gasteiger partial charge >= 0.3 is 0 Å². The van der Waals surface area contributed by atoms with Crippen molar-refractivity contribution in [2.24, 2.45) is 0 Å². The number of nitrogens with zero attached hydrogens (tertiary/aromatic N) is 1. The second-order valence-electron chi connectivity index (χ2n) is 6.47. The molecule has 1 aliphatic rings. The molecule has 3 rings (SSSR count). The molecule has 0 aliphatic carbocycles. The van der Waals surface area contributed by atoms with E-state index >= 15 is 0 Å².